The monoisotopic (exact) mass is 217 g/mol. The molecule has 16 heavy (non-hydrogen) atoms. The number of carbonyl (C=O) groups is 1. The van der Waals surface area contributed by atoms with Crippen molar-refractivity contribution in [2.45, 2.75) is 13.0 Å². The van der Waals surface area contributed by atoms with E-state index in [1.54, 1.807) is 11.0 Å². The van der Waals surface area contributed by atoms with Crippen LogP contribution in [0.15, 0.2) is 30.3 Å². The number of benzene rings is 1. The molecular formula is C13H15NO2. The minimum atomic E-state index is -0.337. The first-order valence-electron chi connectivity index (χ1n) is 5.37. The van der Waals surface area contributed by atoms with Crippen LogP contribution >= 0.6 is 0 Å². The quantitative estimate of drug-likeness (QED) is 0.756. The van der Waals surface area contributed by atoms with Crippen LogP contribution in [0.2, 0.25) is 0 Å². The smallest absolute Gasteiger partial charge is 0.246 e. The normalized spacial score (nSPS) is 16.5. The summed E-state index contributed by atoms with van der Waals surface area (Å²) in [4.78, 5) is 13.2. The number of hydrogen-bond donors (Lipinski definition) is 1. The minimum Gasteiger partial charge on any atom is -0.389 e. The van der Waals surface area contributed by atoms with Gasteiger partial charge in [-0.05, 0) is 24.1 Å². The first-order valence-corrected chi connectivity index (χ1v) is 5.37. The molecule has 0 atom stereocenters. The van der Waals surface area contributed by atoms with Gasteiger partial charge < -0.3 is 10.0 Å². The molecule has 1 fully saturated rings. The van der Waals surface area contributed by atoms with Crippen LogP contribution in [0.25, 0.3) is 6.08 Å². The second kappa shape index (κ2) is 4.49. The van der Waals surface area contributed by atoms with E-state index in [4.69, 9.17) is 5.11 Å². The Hall–Kier alpha value is -1.61. The maximum absolute atomic E-state index is 11.6. The van der Waals surface area contributed by atoms with Crippen molar-refractivity contribution in [3.63, 3.8) is 0 Å². The molecule has 2 rings (SSSR count). The van der Waals surface area contributed by atoms with Gasteiger partial charge in [0.1, 0.15) is 0 Å². The average molecular weight is 217 g/mol. The second-order valence-corrected chi connectivity index (χ2v) is 4.09. The molecule has 0 saturated carbocycles. The molecule has 0 bridgehead atoms. The summed E-state index contributed by atoms with van der Waals surface area (Å²) in [5.41, 5.74) is 2.20. The van der Waals surface area contributed by atoms with Crippen molar-refractivity contribution in [1.29, 1.82) is 0 Å². The molecule has 3 nitrogen and oxygen atoms in total. The molecule has 1 aliphatic rings. The number of amides is 1. The number of aryl methyl sites for hydroxylation is 1. The van der Waals surface area contributed by atoms with Crippen LogP contribution in [0.4, 0.5) is 0 Å². The summed E-state index contributed by atoms with van der Waals surface area (Å²) in [5.74, 6) is -0.0337. The maximum atomic E-state index is 11.6. The van der Waals surface area contributed by atoms with Gasteiger partial charge in [-0.25, -0.2) is 0 Å². The Labute approximate surface area is 95.0 Å². The Morgan fingerprint density at radius 1 is 1.44 bits per heavy atom. The zero-order chi connectivity index (χ0) is 11.5. The zero-order valence-corrected chi connectivity index (χ0v) is 9.26. The second-order valence-electron chi connectivity index (χ2n) is 4.09. The van der Waals surface area contributed by atoms with Crippen LogP contribution in [0.5, 0.6) is 0 Å². The number of likely N-dealkylation sites (tertiary alicyclic amines) is 1. The first kappa shape index (κ1) is 10.9. The Morgan fingerprint density at radius 3 is 2.75 bits per heavy atom. The van der Waals surface area contributed by atoms with Crippen molar-refractivity contribution in [2.75, 3.05) is 13.1 Å². The highest BCUT2D eigenvalue weighted by Gasteiger charge is 2.26. The topological polar surface area (TPSA) is 40.5 Å². The molecular weight excluding hydrogens is 202 g/mol. The van der Waals surface area contributed by atoms with Gasteiger partial charge in [0.05, 0.1) is 6.10 Å². The lowest BCUT2D eigenvalue weighted by atomic mass is 10.1. The van der Waals surface area contributed by atoms with E-state index in [0.29, 0.717) is 13.1 Å². The van der Waals surface area contributed by atoms with Gasteiger partial charge in [0.15, 0.2) is 0 Å². The fourth-order valence-electron chi connectivity index (χ4n) is 1.68. The number of rotatable bonds is 2. The minimum absolute atomic E-state index is 0.0337. The van der Waals surface area contributed by atoms with Gasteiger partial charge in [-0.15, -0.1) is 0 Å². The molecule has 0 aliphatic carbocycles. The van der Waals surface area contributed by atoms with Crippen LogP contribution in [-0.4, -0.2) is 35.1 Å². The fourth-order valence-corrected chi connectivity index (χ4v) is 1.68. The number of β-amino-alcohol motifs (C(OH)–C–C–N with tert-alkyl or cyclic N) is 1. The third kappa shape index (κ3) is 2.31. The van der Waals surface area contributed by atoms with Gasteiger partial charge in [-0.3, -0.25) is 4.79 Å². The number of aliphatic hydroxyl groups excluding tert-OH is 1. The third-order valence-electron chi connectivity index (χ3n) is 2.77. The zero-order valence-electron chi connectivity index (χ0n) is 9.26. The van der Waals surface area contributed by atoms with E-state index >= 15 is 0 Å². The number of aliphatic hydroxyl groups is 1. The van der Waals surface area contributed by atoms with E-state index in [1.807, 2.05) is 37.3 Å². The van der Waals surface area contributed by atoms with Crippen molar-refractivity contribution in [2.24, 2.45) is 0 Å². The first-order chi connectivity index (χ1) is 7.66. The maximum Gasteiger partial charge on any atom is 0.246 e. The number of nitrogens with zero attached hydrogens (tertiary/aromatic N) is 1. The predicted octanol–water partition coefficient (Wildman–Crippen LogP) is 1.21. The summed E-state index contributed by atoms with van der Waals surface area (Å²) in [6.07, 6.45) is 3.05. The lowest BCUT2D eigenvalue weighted by Crippen LogP contribution is -2.52. The van der Waals surface area contributed by atoms with Gasteiger partial charge in [-0.1, -0.05) is 24.3 Å². The summed E-state index contributed by atoms with van der Waals surface area (Å²) in [6.45, 7) is 2.92. The molecule has 0 radical (unpaired) electrons. The summed E-state index contributed by atoms with van der Waals surface area (Å²) in [6, 6.07) is 7.91. The summed E-state index contributed by atoms with van der Waals surface area (Å²) in [5, 5.41) is 9.08. The molecule has 0 spiro atoms. The molecule has 1 aromatic carbocycles. The van der Waals surface area contributed by atoms with Crippen LogP contribution in [0, 0.1) is 6.92 Å². The molecule has 1 N–H and O–H groups in total. The van der Waals surface area contributed by atoms with Crippen LogP contribution in [0.1, 0.15) is 11.1 Å². The van der Waals surface area contributed by atoms with Crippen molar-refractivity contribution in [3.05, 3.63) is 41.5 Å². The summed E-state index contributed by atoms with van der Waals surface area (Å²) >= 11 is 0. The molecule has 3 heteroatoms. The van der Waals surface area contributed by atoms with E-state index < -0.39 is 0 Å². The third-order valence-corrected chi connectivity index (χ3v) is 2.77. The molecule has 1 amide bonds. The Balaban J connectivity index is 1.99. The Morgan fingerprint density at radius 2 is 2.12 bits per heavy atom. The van der Waals surface area contributed by atoms with E-state index in [2.05, 4.69) is 0 Å². The highest BCUT2D eigenvalue weighted by molar-refractivity contribution is 5.92. The fraction of sp³-hybridized carbons (Fsp3) is 0.308. The van der Waals surface area contributed by atoms with Crippen LogP contribution < -0.4 is 0 Å². The summed E-state index contributed by atoms with van der Waals surface area (Å²) < 4.78 is 0. The van der Waals surface area contributed by atoms with Gasteiger partial charge in [0, 0.05) is 19.2 Å². The standard InChI is InChI=1S/C13H15NO2/c1-10-4-2-3-5-11(10)6-7-13(16)14-8-12(15)9-14/h2-7,12,15H,8-9H2,1H3. The van der Waals surface area contributed by atoms with Crippen LogP contribution in [-0.2, 0) is 4.79 Å². The van der Waals surface area contributed by atoms with Crippen LogP contribution in [0.3, 0.4) is 0 Å². The molecule has 84 valence electrons. The van der Waals surface area contributed by atoms with E-state index in [-0.39, 0.29) is 12.0 Å². The van der Waals surface area contributed by atoms with Gasteiger partial charge in [0.2, 0.25) is 5.91 Å². The molecule has 0 aromatic heterocycles. The van der Waals surface area contributed by atoms with Crippen molar-refractivity contribution in [1.82, 2.24) is 4.90 Å². The largest absolute Gasteiger partial charge is 0.389 e. The molecule has 1 aliphatic heterocycles. The molecule has 1 saturated heterocycles. The molecule has 1 aromatic rings. The SMILES string of the molecule is Cc1ccccc1C=CC(=O)N1CC(O)C1. The summed E-state index contributed by atoms with van der Waals surface area (Å²) in [7, 11) is 0. The predicted molar refractivity (Wildman–Crippen MR) is 62.8 cm³/mol. The lowest BCUT2D eigenvalue weighted by molar-refractivity contribution is -0.135. The van der Waals surface area contributed by atoms with E-state index in [9.17, 15) is 4.79 Å². The lowest BCUT2D eigenvalue weighted by Gasteiger charge is -2.34. The van der Waals surface area contributed by atoms with Gasteiger partial charge in [0.25, 0.3) is 0 Å². The highest BCUT2D eigenvalue weighted by Crippen LogP contribution is 2.11. The van der Waals surface area contributed by atoms with Crippen molar-refractivity contribution < 1.29 is 9.90 Å². The van der Waals surface area contributed by atoms with Gasteiger partial charge >= 0.3 is 0 Å². The Kier molecular flexibility index (Phi) is 3.06. The average Bonchev–Trinajstić information content (AvgIpc) is 2.23. The van der Waals surface area contributed by atoms with Crippen molar-refractivity contribution in [3.8, 4) is 0 Å². The molecule has 0 unspecified atom stereocenters. The molecule has 1 heterocycles. The van der Waals surface area contributed by atoms with E-state index in [1.165, 1.54) is 0 Å². The highest BCUT2D eigenvalue weighted by atomic mass is 16.3. The van der Waals surface area contributed by atoms with Crippen molar-refractivity contribution >= 4 is 12.0 Å². The number of hydrogen-bond acceptors (Lipinski definition) is 2. The van der Waals surface area contributed by atoms with E-state index in [0.717, 1.165) is 11.1 Å². The number of carbonyl (C=O) groups excluding carboxylic acids is 1. The van der Waals surface area contributed by atoms with Gasteiger partial charge in [-0.2, -0.15) is 0 Å². The Bertz CT molecular complexity index is 420.